The molecule has 78 heavy (non-hydrogen) atoms. The molecule has 2 aromatic carbocycles. The Labute approximate surface area is 491 Å². The summed E-state index contributed by atoms with van der Waals surface area (Å²) in [7, 11) is 0. The van der Waals surface area contributed by atoms with Gasteiger partial charge in [-0.15, -0.1) is 0 Å². The molecule has 0 N–H and O–H groups in total. The smallest absolute Gasteiger partial charge is 0.410 e. The number of rotatable bonds is 2. The number of furan rings is 2. The second-order valence-corrected chi connectivity index (χ2v) is 26.9. The highest BCUT2D eigenvalue weighted by atomic mass is 127. The maximum Gasteiger partial charge on any atom is 0.410 e. The minimum absolute atomic E-state index is 0.166. The molecule has 3 saturated heterocycles. The number of allylic oxidation sites excluding steroid dienone is 4. The lowest BCUT2D eigenvalue weighted by molar-refractivity contribution is 0.0194. The minimum atomic E-state index is -0.434. The maximum atomic E-state index is 12.1. The van der Waals surface area contributed by atoms with E-state index in [0.717, 1.165) is 98.8 Å². The Bertz CT molecular complexity index is 2820. The van der Waals surface area contributed by atoms with Gasteiger partial charge >= 0.3 is 18.3 Å². The lowest BCUT2D eigenvalue weighted by atomic mass is 9.88. The summed E-state index contributed by atoms with van der Waals surface area (Å²) in [6.07, 6.45) is 29.4. The first-order chi connectivity index (χ1) is 37.0. The molecule has 7 heterocycles. The van der Waals surface area contributed by atoms with Crippen molar-refractivity contribution >= 4 is 94.7 Å². The first kappa shape index (κ1) is 60.7. The van der Waals surface area contributed by atoms with Crippen LogP contribution in [0.3, 0.4) is 0 Å². The number of piperidine rings is 3. The molecular formula is C62H78Br2IN3O10. The number of fused-ring (bicyclic) bond motifs is 4. The Morgan fingerprint density at radius 3 is 1.73 bits per heavy atom. The van der Waals surface area contributed by atoms with Crippen LogP contribution >= 0.6 is 54.5 Å². The largest absolute Gasteiger partial charge is 0.493 e. The van der Waals surface area contributed by atoms with Crippen LogP contribution in [0.5, 0.6) is 0 Å². The fourth-order valence-corrected chi connectivity index (χ4v) is 11.3. The first-order valence-electron chi connectivity index (χ1n) is 27.2. The summed E-state index contributed by atoms with van der Waals surface area (Å²) in [5, 5.41) is 2.33. The monoisotopic (exact) mass is 1310 g/mol. The van der Waals surface area contributed by atoms with E-state index in [1.54, 1.807) is 30.0 Å². The SMILES string of the molecule is BrC1=CC2OC=CC2C=C1.BrC1=CC=CC2OC=CC12.CC(C)(C)OC(=O)N1CCC(I)CC1.CC(C)(C)OC(=O)N1CCC(c2ccc3ccoc3c2)CC1.CC(C)(C)OC(=O)N1CCC(c2cccc3occc23)CC1. The van der Waals surface area contributed by atoms with Crippen LogP contribution < -0.4 is 0 Å². The zero-order chi connectivity index (χ0) is 56.2. The second kappa shape index (κ2) is 27.5. The Morgan fingerprint density at radius 2 is 1.14 bits per heavy atom. The molecule has 4 atom stereocenters. The Hall–Kier alpha value is -4.94. The summed E-state index contributed by atoms with van der Waals surface area (Å²) in [6.45, 7) is 21.7. The molecule has 3 fully saturated rings. The number of benzene rings is 2. The summed E-state index contributed by atoms with van der Waals surface area (Å²) in [6, 6.07) is 16.6. The van der Waals surface area contributed by atoms with Gasteiger partial charge in [-0.05, 0) is 172 Å². The summed E-state index contributed by atoms with van der Waals surface area (Å²) in [5.41, 5.74) is 3.26. The number of hydrogen-bond acceptors (Lipinski definition) is 10. The number of ether oxygens (including phenoxy) is 5. The number of carbonyl (C=O) groups is 3. The van der Waals surface area contributed by atoms with Gasteiger partial charge in [-0.1, -0.05) is 103 Å². The highest BCUT2D eigenvalue weighted by Crippen LogP contribution is 2.36. The molecule has 422 valence electrons. The van der Waals surface area contributed by atoms with Crippen molar-refractivity contribution in [3.8, 4) is 0 Å². The molecule has 13 nitrogen and oxygen atoms in total. The number of hydrogen-bond donors (Lipinski definition) is 0. The van der Waals surface area contributed by atoms with Gasteiger partial charge in [0.15, 0.2) is 0 Å². The van der Waals surface area contributed by atoms with Gasteiger partial charge in [0.2, 0.25) is 0 Å². The van der Waals surface area contributed by atoms with E-state index >= 15 is 0 Å². The predicted octanol–water partition coefficient (Wildman–Crippen LogP) is 16.6. The summed E-state index contributed by atoms with van der Waals surface area (Å²) < 4.78 is 40.7. The molecule has 0 saturated carbocycles. The van der Waals surface area contributed by atoms with Crippen molar-refractivity contribution in [3.05, 3.63) is 142 Å². The third-order valence-electron chi connectivity index (χ3n) is 13.8. The first-order valence-corrected chi connectivity index (χ1v) is 30.1. The number of halogens is 3. The Morgan fingerprint density at radius 1 is 0.603 bits per heavy atom. The van der Waals surface area contributed by atoms with Crippen molar-refractivity contribution in [3.63, 3.8) is 0 Å². The minimum Gasteiger partial charge on any atom is -0.493 e. The van der Waals surface area contributed by atoms with Crippen molar-refractivity contribution in [2.24, 2.45) is 11.8 Å². The van der Waals surface area contributed by atoms with E-state index in [1.165, 1.54) is 21.0 Å². The number of alkyl halides is 1. The molecule has 4 aromatic rings. The lowest BCUT2D eigenvalue weighted by Crippen LogP contribution is -2.41. The molecule has 4 unspecified atom stereocenters. The van der Waals surface area contributed by atoms with Crippen molar-refractivity contribution in [2.75, 3.05) is 39.3 Å². The van der Waals surface area contributed by atoms with E-state index in [2.05, 4.69) is 121 Å². The second-order valence-electron chi connectivity index (χ2n) is 23.3. The normalized spacial score (nSPS) is 22.1. The Kier molecular flexibility index (Phi) is 21.4. The van der Waals surface area contributed by atoms with Crippen LogP contribution in [0.25, 0.3) is 21.9 Å². The van der Waals surface area contributed by atoms with Gasteiger partial charge in [0, 0.05) is 68.8 Å². The fraction of sp³-hybridized carbons (Fsp3) is 0.500. The maximum absolute atomic E-state index is 12.1. The van der Waals surface area contributed by atoms with Crippen LogP contribution in [0.15, 0.2) is 140 Å². The van der Waals surface area contributed by atoms with Gasteiger partial charge in [-0.3, -0.25) is 0 Å². The molecular weight excluding hydrogens is 1230 g/mol. The average molecular weight is 1310 g/mol. The standard InChI is InChI=1S/2C18H23NO3.C10H18INO2.2C8H7BrO/c1-18(2,3)22-17(20)19-9-6-13(7-10-19)15-5-4-14-8-11-21-16(14)12-15;1-18(2,3)22-17(20)19-10-7-13(8-11-19)14-5-4-6-16-15(14)9-12-21-16;1-10(2,3)14-9(13)12-6-4-8(11)5-7-12;9-7-2-1-6-3-4-10-8(6)5-7;9-7-2-1-3-8-6(7)4-5-10-8/h4-5,8,11-13H,6-7,9-10H2,1-3H3;4-6,9,12-13H,7-8,10-11H2,1-3H3;8H,4-7H2,1-3H3;2*1-6,8H. The van der Waals surface area contributed by atoms with E-state index in [9.17, 15) is 14.4 Å². The van der Waals surface area contributed by atoms with Crippen molar-refractivity contribution in [2.45, 2.75) is 146 Å². The molecule has 11 rings (SSSR count). The van der Waals surface area contributed by atoms with Gasteiger partial charge in [0.1, 0.15) is 40.2 Å². The molecule has 7 aliphatic rings. The van der Waals surface area contributed by atoms with Crippen LogP contribution in [-0.2, 0) is 23.7 Å². The molecule has 3 amide bonds. The number of amides is 3. The topological polar surface area (TPSA) is 133 Å². The Balaban J connectivity index is 0.000000147. The number of likely N-dealkylation sites (tertiary alicyclic amines) is 3. The van der Waals surface area contributed by atoms with Gasteiger partial charge in [0.25, 0.3) is 0 Å². The fourth-order valence-electron chi connectivity index (χ4n) is 9.74. The van der Waals surface area contributed by atoms with E-state index in [-0.39, 0.29) is 36.1 Å². The zero-order valence-corrected chi connectivity index (χ0v) is 52.0. The summed E-state index contributed by atoms with van der Waals surface area (Å²) in [4.78, 5) is 41.3. The lowest BCUT2D eigenvalue weighted by Gasteiger charge is -2.33. The van der Waals surface area contributed by atoms with Gasteiger partial charge in [-0.2, -0.15) is 0 Å². The third kappa shape index (κ3) is 18.3. The van der Waals surface area contributed by atoms with Crippen LogP contribution in [0, 0.1) is 11.8 Å². The van der Waals surface area contributed by atoms with Gasteiger partial charge < -0.3 is 47.2 Å². The zero-order valence-electron chi connectivity index (χ0n) is 46.6. The van der Waals surface area contributed by atoms with Crippen LogP contribution in [0.2, 0.25) is 0 Å². The van der Waals surface area contributed by atoms with E-state index in [1.807, 2.05) is 102 Å². The summed E-state index contributed by atoms with van der Waals surface area (Å²) >= 11 is 9.30. The molecule has 2 aromatic heterocycles. The highest BCUT2D eigenvalue weighted by Gasteiger charge is 2.31. The molecule has 2 aliphatic carbocycles. The summed E-state index contributed by atoms with van der Waals surface area (Å²) in [5.74, 6) is 1.83. The molecule has 0 radical (unpaired) electrons. The number of carbonyl (C=O) groups excluding carboxylic acids is 3. The molecule has 0 bridgehead atoms. The third-order valence-corrected chi connectivity index (χ3v) is 16.3. The quantitative estimate of drug-likeness (QED) is 0.108. The van der Waals surface area contributed by atoms with E-state index in [4.69, 9.17) is 32.5 Å². The van der Waals surface area contributed by atoms with Crippen LogP contribution in [-0.4, -0.2) is 105 Å². The highest BCUT2D eigenvalue weighted by molar-refractivity contribution is 14.1. The van der Waals surface area contributed by atoms with Crippen LogP contribution in [0.1, 0.15) is 124 Å². The van der Waals surface area contributed by atoms with Crippen LogP contribution in [0.4, 0.5) is 14.4 Å². The van der Waals surface area contributed by atoms with Crippen molar-refractivity contribution < 1.29 is 46.9 Å². The van der Waals surface area contributed by atoms with Crippen molar-refractivity contribution in [1.29, 1.82) is 0 Å². The molecule has 0 spiro atoms. The average Bonchev–Trinajstić information content (AvgIpc) is 4.25. The van der Waals surface area contributed by atoms with E-state index < -0.39 is 11.2 Å². The van der Waals surface area contributed by atoms with Gasteiger partial charge in [-0.25, -0.2) is 14.4 Å². The molecule has 5 aliphatic heterocycles. The van der Waals surface area contributed by atoms with E-state index in [0.29, 0.717) is 27.6 Å². The molecule has 16 heteroatoms. The predicted molar refractivity (Wildman–Crippen MR) is 324 cm³/mol. The van der Waals surface area contributed by atoms with Gasteiger partial charge in [0.05, 0.1) is 31.0 Å². The van der Waals surface area contributed by atoms with Crippen molar-refractivity contribution in [1.82, 2.24) is 14.7 Å². The number of nitrogens with zero attached hydrogens (tertiary/aromatic N) is 3.